The molecular formula is C13H13NO2. The second-order valence-corrected chi connectivity index (χ2v) is 3.32. The second-order valence-electron chi connectivity index (χ2n) is 3.32. The van der Waals surface area contributed by atoms with Gasteiger partial charge in [-0.1, -0.05) is 0 Å². The van der Waals surface area contributed by atoms with Crippen molar-refractivity contribution in [1.29, 1.82) is 0 Å². The number of nitrogens with zero attached hydrogens (tertiary/aromatic N) is 1. The van der Waals surface area contributed by atoms with Crippen molar-refractivity contribution in [1.82, 2.24) is 0 Å². The first-order chi connectivity index (χ1) is 7.88. The van der Waals surface area contributed by atoms with Crippen molar-refractivity contribution in [2.45, 2.75) is 6.54 Å². The zero-order chi connectivity index (χ0) is 11.2. The van der Waals surface area contributed by atoms with Crippen LogP contribution in [0.4, 0.5) is 0 Å². The van der Waals surface area contributed by atoms with Gasteiger partial charge in [-0.15, -0.1) is 0 Å². The van der Waals surface area contributed by atoms with Gasteiger partial charge in [0.1, 0.15) is 11.5 Å². The monoisotopic (exact) mass is 215 g/mol. The number of hydrogen-bond donors (Lipinski definition) is 0. The number of benzene rings is 1. The molecule has 0 N–H and O–H groups in total. The highest BCUT2D eigenvalue weighted by Gasteiger charge is 1.92. The maximum absolute atomic E-state index is 5.17. The minimum atomic E-state index is 0.568. The van der Waals surface area contributed by atoms with Crippen molar-refractivity contribution >= 4 is 6.21 Å². The molecule has 2 rings (SSSR count). The molecule has 3 heteroatoms. The van der Waals surface area contributed by atoms with Crippen molar-refractivity contribution in [2.75, 3.05) is 7.11 Å². The van der Waals surface area contributed by atoms with Crippen LogP contribution in [0.2, 0.25) is 0 Å². The molecule has 1 aromatic heterocycles. The van der Waals surface area contributed by atoms with Gasteiger partial charge in [-0.05, 0) is 42.0 Å². The first-order valence-corrected chi connectivity index (χ1v) is 5.05. The van der Waals surface area contributed by atoms with Gasteiger partial charge in [-0.3, -0.25) is 4.99 Å². The summed E-state index contributed by atoms with van der Waals surface area (Å²) in [6.45, 7) is 0.568. The number of hydrogen-bond acceptors (Lipinski definition) is 3. The number of furan rings is 1. The molecule has 1 heterocycles. The molecule has 0 saturated heterocycles. The lowest BCUT2D eigenvalue weighted by molar-refractivity contribution is 0.415. The Morgan fingerprint density at radius 3 is 2.69 bits per heavy atom. The van der Waals surface area contributed by atoms with Crippen molar-refractivity contribution in [3.05, 3.63) is 54.0 Å². The van der Waals surface area contributed by atoms with E-state index in [1.165, 1.54) is 0 Å². The van der Waals surface area contributed by atoms with Crippen LogP contribution in [-0.2, 0) is 6.54 Å². The molecule has 0 radical (unpaired) electrons. The molecule has 0 aliphatic rings. The molecule has 0 saturated carbocycles. The molecule has 0 bridgehead atoms. The molecule has 1 aromatic carbocycles. The summed E-state index contributed by atoms with van der Waals surface area (Å²) >= 11 is 0. The largest absolute Gasteiger partial charge is 0.497 e. The van der Waals surface area contributed by atoms with Crippen molar-refractivity contribution < 1.29 is 9.15 Å². The maximum atomic E-state index is 5.17. The van der Waals surface area contributed by atoms with E-state index in [9.17, 15) is 0 Å². The van der Waals surface area contributed by atoms with Crippen molar-refractivity contribution in [2.24, 2.45) is 4.99 Å². The minimum Gasteiger partial charge on any atom is -0.497 e. The molecule has 0 amide bonds. The van der Waals surface area contributed by atoms with E-state index in [1.54, 1.807) is 13.4 Å². The van der Waals surface area contributed by atoms with E-state index >= 15 is 0 Å². The fraction of sp³-hybridized carbons (Fsp3) is 0.154. The van der Waals surface area contributed by atoms with Gasteiger partial charge in [0, 0.05) is 6.21 Å². The SMILES string of the molecule is COc1ccc(/C=N/Cc2ccco2)cc1. The van der Waals surface area contributed by atoms with Crippen LogP contribution in [0.5, 0.6) is 5.75 Å². The lowest BCUT2D eigenvalue weighted by atomic mass is 10.2. The molecule has 0 atom stereocenters. The zero-order valence-electron chi connectivity index (χ0n) is 9.09. The van der Waals surface area contributed by atoms with Crippen LogP contribution >= 0.6 is 0 Å². The molecule has 0 unspecified atom stereocenters. The van der Waals surface area contributed by atoms with E-state index < -0.39 is 0 Å². The number of methoxy groups -OCH3 is 1. The maximum Gasteiger partial charge on any atom is 0.125 e. The normalized spacial score (nSPS) is 10.8. The highest BCUT2D eigenvalue weighted by atomic mass is 16.5. The van der Waals surface area contributed by atoms with Gasteiger partial charge in [0.05, 0.1) is 19.9 Å². The summed E-state index contributed by atoms with van der Waals surface area (Å²) in [7, 11) is 1.65. The minimum absolute atomic E-state index is 0.568. The number of rotatable bonds is 4. The average Bonchev–Trinajstić information content (AvgIpc) is 2.83. The molecule has 0 fully saturated rings. The fourth-order valence-corrected chi connectivity index (χ4v) is 1.33. The van der Waals surface area contributed by atoms with Gasteiger partial charge in [0.2, 0.25) is 0 Å². The predicted octanol–water partition coefficient (Wildman–Crippen LogP) is 2.91. The summed E-state index contributed by atoms with van der Waals surface area (Å²) in [5.41, 5.74) is 1.05. The van der Waals surface area contributed by atoms with Crippen molar-refractivity contribution in [3.63, 3.8) is 0 Å². The lowest BCUT2D eigenvalue weighted by Gasteiger charge is -1.98. The molecule has 3 nitrogen and oxygen atoms in total. The summed E-state index contributed by atoms with van der Waals surface area (Å²) in [5, 5.41) is 0. The summed E-state index contributed by atoms with van der Waals surface area (Å²) in [6, 6.07) is 11.5. The van der Waals surface area contributed by atoms with Gasteiger partial charge >= 0.3 is 0 Å². The lowest BCUT2D eigenvalue weighted by Crippen LogP contribution is -1.85. The van der Waals surface area contributed by atoms with Crippen LogP contribution in [0.15, 0.2) is 52.1 Å². The molecule has 2 aromatic rings. The Balaban J connectivity index is 1.95. The van der Waals surface area contributed by atoms with Crippen LogP contribution < -0.4 is 4.74 Å². The Hall–Kier alpha value is -2.03. The highest BCUT2D eigenvalue weighted by molar-refractivity contribution is 5.79. The third-order valence-corrected chi connectivity index (χ3v) is 2.18. The Morgan fingerprint density at radius 1 is 1.25 bits per heavy atom. The molecule has 0 aliphatic carbocycles. The topological polar surface area (TPSA) is 34.7 Å². The van der Waals surface area contributed by atoms with Crippen LogP contribution in [0.1, 0.15) is 11.3 Å². The summed E-state index contributed by atoms with van der Waals surface area (Å²) in [6.07, 6.45) is 3.47. The van der Waals surface area contributed by atoms with Crippen LogP contribution in [-0.4, -0.2) is 13.3 Å². The third kappa shape index (κ3) is 2.73. The predicted molar refractivity (Wildman–Crippen MR) is 63.0 cm³/mol. The Kier molecular flexibility index (Phi) is 3.38. The van der Waals surface area contributed by atoms with Gasteiger partial charge < -0.3 is 9.15 Å². The highest BCUT2D eigenvalue weighted by Crippen LogP contribution is 2.10. The van der Waals surface area contributed by atoms with Gasteiger partial charge in [0.25, 0.3) is 0 Å². The van der Waals surface area contributed by atoms with Crippen LogP contribution in [0.3, 0.4) is 0 Å². The quantitative estimate of drug-likeness (QED) is 0.735. The molecular weight excluding hydrogens is 202 g/mol. The van der Waals surface area contributed by atoms with E-state index in [0.717, 1.165) is 17.1 Å². The number of aliphatic imine (C=N–C) groups is 1. The smallest absolute Gasteiger partial charge is 0.125 e. The van der Waals surface area contributed by atoms with E-state index in [4.69, 9.17) is 9.15 Å². The molecule has 82 valence electrons. The Bertz CT molecular complexity index is 443. The van der Waals surface area contributed by atoms with Crippen LogP contribution in [0.25, 0.3) is 0 Å². The summed E-state index contributed by atoms with van der Waals surface area (Å²) in [5.74, 6) is 1.72. The molecule has 0 spiro atoms. The molecule has 16 heavy (non-hydrogen) atoms. The molecule has 0 aliphatic heterocycles. The van der Waals surface area contributed by atoms with Gasteiger partial charge in [-0.2, -0.15) is 0 Å². The first-order valence-electron chi connectivity index (χ1n) is 5.05. The Morgan fingerprint density at radius 2 is 2.06 bits per heavy atom. The van der Waals surface area contributed by atoms with Gasteiger partial charge in [0.15, 0.2) is 0 Å². The van der Waals surface area contributed by atoms with E-state index in [-0.39, 0.29) is 0 Å². The number of ether oxygens (including phenoxy) is 1. The summed E-state index contributed by atoms with van der Waals surface area (Å²) < 4.78 is 10.2. The average molecular weight is 215 g/mol. The second kappa shape index (κ2) is 5.16. The first kappa shape index (κ1) is 10.5. The van der Waals surface area contributed by atoms with E-state index in [0.29, 0.717) is 6.54 Å². The Labute approximate surface area is 94.4 Å². The van der Waals surface area contributed by atoms with E-state index in [1.807, 2.05) is 42.6 Å². The zero-order valence-corrected chi connectivity index (χ0v) is 9.09. The third-order valence-electron chi connectivity index (χ3n) is 2.18. The standard InChI is InChI=1S/C13H13NO2/c1-15-12-6-4-11(5-7-12)9-14-10-13-3-2-8-16-13/h2-9H,10H2,1H3/b14-9+. The van der Waals surface area contributed by atoms with E-state index in [2.05, 4.69) is 4.99 Å². The van der Waals surface area contributed by atoms with Gasteiger partial charge in [-0.25, -0.2) is 0 Å². The van der Waals surface area contributed by atoms with Crippen molar-refractivity contribution in [3.8, 4) is 5.75 Å². The summed E-state index contributed by atoms with van der Waals surface area (Å²) in [4.78, 5) is 4.28. The fourth-order valence-electron chi connectivity index (χ4n) is 1.33. The van der Waals surface area contributed by atoms with Crippen LogP contribution in [0, 0.1) is 0 Å².